The second-order valence-electron chi connectivity index (χ2n) is 5.87. The third-order valence-corrected chi connectivity index (χ3v) is 4.25. The summed E-state index contributed by atoms with van der Waals surface area (Å²) in [5, 5.41) is 9.28. The summed E-state index contributed by atoms with van der Waals surface area (Å²) in [4.78, 5) is 4.38. The van der Waals surface area contributed by atoms with Gasteiger partial charge in [0.25, 0.3) is 5.89 Å². The third kappa shape index (κ3) is 2.96. The Bertz CT molecular complexity index is 1030. The lowest BCUT2D eigenvalue weighted by Gasteiger charge is -2.06. The maximum Gasteiger partial charge on any atom is 0.254 e. The smallest absolute Gasteiger partial charge is 0.254 e. The van der Waals surface area contributed by atoms with Crippen LogP contribution in [0.25, 0.3) is 22.4 Å². The highest BCUT2D eigenvalue weighted by molar-refractivity contribution is 5.84. The van der Waals surface area contributed by atoms with Crippen LogP contribution in [-0.4, -0.2) is 15.2 Å². The summed E-state index contributed by atoms with van der Waals surface area (Å²) >= 11 is 0. The molecule has 0 N–H and O–H groups in total. The standard InChI is InChI=1S/C20H17N3O2/c1-13-6-3-9-16(14(13)2)20-23-22-18(25-20)12-24-17-10-4-7-15-8-5-11-21-19(15)17/h3-11H,12H2,1-2H3. The lowest BCUT2D eigenvalue weighted by molar-refractivity contribution is 0.267. The number of para-hydroxylation sites is 1. The van der Waals surface area contributed by atoms with E-state index < -0.39 is 0 Å². The first kappa shape index (κ1) is 15.3. The highest BCUT2D eigenvalue weighted by Gasteiger charge is 2.13. The molecule has 4 rings (SSSR count). The number of ether oxygens (including phenoxy) is 1. The van der Waals surface area contributed by atoms with Gasteiger partial charge in [-0.15, -0.1) is 10.2 Å². The summed E-state index contributed by atoms with van der Waals surface area (Å²) in [6, 6.07) is 15.8. The van der Waals surface area contributed by atoms with E-state index in [1.54, 1.807) is 6.20 Å². The maximum absolute atomic E-state index is 5.85. The van der Waals surface area contributed by atoms with E-state index in [-0.39, 0.29) is 6.61 Å². The van der Waals surface area contributed by atoms with Gasteiger partial charge in [-0.2, -0.15) is 0 Å². The predicted octanol–water partition coefficient (Wildman–Crippen LogP) is 4.48. The van der Waals surface area contributed by atoms with Gasteiger partial charge in [-0.1, -0.05) is 30.3 Å². The summed E-state index contributed by atoms with van der Waals surface area (Å²) in [6.45, 7) is 4.31. The predicted molar refractivity (Wildman–Crippen MR) is 95.3 cm³/mol. The molecule has 0 aliphatic heterocycles. The van der Waals surface area contributed by atoms with E-state index in [0.29, 0.717) is 17.5 Å². The third-order valence-electron chi connectivity index (χ3n) is 4.25. The highest BCUT2D eigenvalue weighted by atomic mass is 16.5. The lowest BCUT2D eigenvalue weighted by atomic mass is 10.0. The van der Waals surface area contributed by atoms with E-state index in [4.69, 9.17) is 9.15 Å². The molecule has 0 atom stereocenters. The van der Waals surface area contributed by atoms with Crippen molar-refractivity contribution in [2.24, 2.45) is 0 Å². The van der Waals surface area contributed by atoms with E-state index in [2.05, 4.69) is 28.2 Å². The first-order valence-electron chi connectivity index (χ1n) is 8.08. The van der Waals surface area contributed by atoms with Crippen LogP contribution in [0.3, 0.4) is 0 Å². The monoisotopic (exact) mass is 331 g/mol. The zero-order valence-electron chi connectivity index (χ0n) is 14.1. The molecule has 2 heterocycles. The Labute approximate surface area is 145 Å². The van der Waals surface area contributed by atoms with Crippen LogP contribution in [0.4, 0.5) is 0 Å². The van der Waals surface area contributed by atoms with E-state index in [0.717, 1.165) is 22.0 Å². The maximum atomic E-state index is 5.85. The number of hydrogen-bond acceptors (Lipinski definition) is 5. The molecular formula is C20H17N3O2. The number of aromatic nitrogens is 3. The molecule has 0 unspecified atom stereocenters. The molecule has 0 amide bonds. The highest BCUT2D eigenvalue weighted by Crippen LogP contribution is 2.26. The van der Waals surface area contributed by atoms with Crippen LogP contribution in [0.2, 0.25) is 0 Å². The summed E-state index contributed by atoms with van der Waals surface area (Å²) in [6.07, 6.45) is 1.75. The van der Waals surface area contributed by atoms with Gasteiger partial charge < -0.3 is 9.15 Å². The number of pyridine rings is 1. The Kier molecular flexibility index (Phi) is 3.90. The molecule has 0 aliphatic rings. The second kappa shape index (κ2) is 6.36. The van der Waals surface area contributed by atoms with E-state index >= 15 is 0 Å². The molecule has 5 nitrogen and oxygen atoms in total. The topological polar surface area (TPSA) is 61.0 Å². The van der Waals surface area contributed by atoms with Gasteiger partial charge in [0.1, 0.15) is 11.3 Å². The van der Waals surface area contributed by atoms with Gasteiger partial charge in [0.2, 0.25) is 5.89 Å². The number of hydrogen-bond donors (Lipinski definition) is 0. The minimum Gasteiger partial charge on any atom is -0.482 e. The summed E-state index contributed by atoms with van der Waals surface area (Å²) in [7, 11) is 0. The molecular weight excluding hydrogens is 314 g/mol. The van der Waals surface area contributed by atoms with Crippen molar-refractivity contribution in [2.75, 3.05) is 0 Å². The normalized spacial score (nSPS) is 11.0. The Morgan fingerprint density at radius 1 is 0.960 bits per heavy atom. The zero-order chi connectivity index (χ0) is 17.2. The molecule has 124 valence electrons. The molecule has 0 radical (unpaired) electrons. The number of benzene rings is 2. The molecule has 4 aromatic rings. The average Bonchev–Trinajstić information content (AvgIpc) is 3.11. The molecule has 2 aromatic carbocycles. The van der Waals surface area contributed by atoms with E-state index in [9.17, 15) is 0 Å². The Morgan fingerprint density at radius 2 is 1.80 bits per heavy atom. The minimum absolute atomic E-state index is 0.202. The van der Waals surface area contributed by atoms with Crippen LogP contribution in [0.1, 0.15) is 17.0 Å². The first-order chi connectivity index (χ1) is 12.2. The van der Waals surface area contributed by atoms with Crippen molar-refractivity contribution >= 4 is 10.9 Å². The van der Waals surface area contributed by atoms with Crippen LogP contribution in [0.15, 0.2) is 59.1 Å². The Hall–Kier alpha value is -3.21. The SMILES string of the molecule is Cc1cccc(-c2nnc(COc3cccc4cccnc34)o2)c1C. The van der Waals surface area contributed by atoms with Crippen molar-refractivity contribution in [3.63, 3.8) is 0 Å². The van der Waals surface area contributed by atoms with Gasteiger partial charge in [0.15, 0.2) is 6.61 Å². The summed E-state index contributed by atoms with van der Waals surface area (Å²) < 4.78 is 11.6. The van der Waals surface area contributed by atoms with Crippen LogP contribution in [0, 0.1) is 13.8 Å². The number of rotatable bonds is 4. The molecule has 0 spiro atoms. The molecule has 0 saturated carbocycles. The van der Waals surface area contributed by atoms with Crippen LogP contribution in [-0.2, 0) is 6.61 Å². The second-order valence-corrected chi connectivity index (χ2v) is 5.87. The van der Waals surface area contributed by atoms with Crippen molar-refractivity contribution in [2.45, 2.75) is 20.5 Å². The van der Waals surface area contributed by atoms with Gasteiger partial charge in [-0.3, -0.25) is 4.98 Å². The summed E-state index contributed by atoms with van der Waals surface area (Å²) in [5.41, 5.74) is 4.09. The fraction of sp³-hybridized carbons (Fsp3) is 0.150. The van der Waals surface area contributed by atoms with Gasteiger partial charge in [0.05, 0.1) is 0 Å². The van der Waals surface area contributed by atoms with Gasteiger partial charge in [-0.05, 0) is 43.2 Å². The molecule has 0 fully saturated rings. The van der Waals surface area contributed by atoms with Gasteiger partial charge in [0, 0.05) is 17.1 Å². The molecule has 0 saturated heterocycles. The van der Waals surface area contributed by atoms with Crippen LogP contribution >= 0.6 is 0 Å². The van der Waals surface area contributed by atoms with Crippen molar-refractivity contribution < 1.29 is 9.15 Å². The van der Waals surface area contributed by atoms with Crippen molar-refractivity contribution in [1.82, 2.24) is 15.2 Å². The largest absolute Gasteiger partial charge is 0.482 e. The lowest BCUT2D eigenvalue weighted by Crippen LogP contribution is -1.97. The number of fused-ring (bicyclic) bond motifs is 1. The van der Waals surface area contributed by atoms with Crippen LogP contribution < -0.4 is 4.74 Å². The first-order valence-corrected chi connectivity index (χ1v) is 8.08. The summed E-state index contributed by atoms with van der Waals surface area (Å²) in [5.74, 6) is 1.64. The van der Waals surface area contributed by atoms with E-state index in [1.165, 1.54) is 5.56 Å². The van der Waals surface area contributed by atoms with Crippen molar-refractivity contribution in [3.05, 3.63) is 71.7 Å². The Morgan fingerprint density at radius 3 is 2.72 bits per heavy atom. The molecule has 2 aromatic heterocycles. The molecule has 5 heteroatoms. The molecule has 0 bridgehead atoms. The van der Waals surface area contributed by atoms with Crippen molar-refractivity contribution in [3.8, 4) is 17.2 Å². The fourth-order valence-corrected chi connectivity index (χ4v) is 2.74. The molecule has 25 heavy (non-hydrogen) atoms. The van der Waals surface area contributed by atoms with Gasteiger partial charge >= 0.3 is 0 Å². The van der Waals surface area contributed by atoms with E-state index in [1.807, 2.05) is 49.4 Å². The quantitative estimate of drug-likeness (QED) is 0.552. The van der Waals surface area contributed by atoms with Gasteiger partial charge in [-0.25, -0.2) is 0 Å². The Balaban J connectivity index is 1.56. The fourth-order valence-electron chi connectivity index (χ4n) is 2.74. The zero-order valence-corrected chi connectivity index (χ0v) is 14.1. The van der Waals surface area contributed by atoms with Crippen molar-refractivity contribution in [1.29, 1.82) is 0 Å². The molecule has 0 aliphatic carbocycles. The number of aryl methyl sites for hydroxylation is 1. The van der Waals surface area contributed by atoms with Crippen LogP contribution in [0.5, 0.6) is 5.75 Å². The minimum atomic E-state index is 0.202. The average molecular weight is 331 g/mol. The number of nitrogens with zero attached hydrogens (tertiary/aromatic N) is 3.